The monoisotopic (exact) mass is 402 g/mol. The number of hydrogen-bond donors (Lipinski definition) is 2. The lowest BCUT2D eigenvalue weighted by molar-refractivity contribution is -0.125. The molecular weight excluding hydrogens is 376 g/mol. The van der Waals surface area contributed by atoms with Crippen LogP contribution in [0.25, 0.3) is 11.1 Å². The first-order chi connectivity index (χ1) is 14.7. The first-order valence-corrected chi connectivity index (χ1v) is 10.5. The molecule has 0 unspecified atom stereocenters. The molecule has 2 aromatic heterocycles. The Bertz CT molecular complexity index is 1090. The van der Waals surface area contributed by atoms with Crippen LogP contribution in [0.15, 0.2) is 48.9 Å². The Hall–Kier alpha value is -3.19. The predicted molar refractivity (Wildman–Crippen MR) is 117 cm³/mol. The van der Waals surface area contributed by atoms with Crippen molar-refractivity contribution in [2.24, 2.45) is 5.92 Å². The van der Waals surface area contributed by atoms with Gasteiger partial charge in [-0.1, -0.05) is 35.9 Å². The molecule has 0 saturated carbocycles. The number of fused-ring (bicyclic) bond motifs is 1. The molecule has 1 amide bonds. The maximum atomic E-state index is 12.5. The average molecular weight is 403 g/mol. The number of carbonyl (C=O) groups is 1. The van der Waals surface area contributed by atoms with Gasteiger partial charge in [-0.3, -0.25) is 4.79 Å². The molecule has 2 N–H and O–H groups in total. The summed E-state index contributed by atoms with van der Waals surface area (Å²) in [6.07, 6.45) is 6.92. The molecule has 2 aliphatic heterocycles. The highest BCUT2D eigenvalue weighted by Crippen LogP contribution is 2.30. The lowest BCUT2D eigenvalue weighted by Crippen LogP contribution is -2.54. The second-order valence-corrected chi connectivity index (χ2v) is 8.13. The van der Waals surface area contributed by atoms with E-state index in [-0.39, 0.29) is 11.8 Å². The zero-order valence-electron chi connectivity index (χ0n) is 17.1. The minimum Gasteiger partial charge on any atom is -0.353 e. The molecule has 7 heteroatoms. The number of anilines is 1. The minimum absolute atomic E-state index is 0.00739. The fraction of sp³-hybridized carbons (Fsp3) is 0.348. The highest BCUT2D eigenvalue weighted by Gasteiger charge is 2.34. The van der Waals surface area contributed by atoms with Crippen LogP contribution in [0.4, 0.5) is 5.82 Å². The molecule has 7 nitrogen and oxygen atoms in total. The van der Waals surface area contributed by atoms with E-state index in [1.807, 2.05) is 4.52 Å². The molecular formula is C23H26N6O. The predicted octanol–water partition coefficient (Wildman–Crippen LogP) is 2.17. The Morgan fingerprint density at radius 1 is 1.27 bits per heavy atom. The molecule has 2 aliphatic rings. The Kier molecular flexibility index (Phi) is 4.96. The van der Waals surface area contributed by atoms with E-state index in [9.17, 15) is 4.79 Å². The summed E-state index contributed by atoms with van der Waals surface area (Å²) in [5.74, 6) is 0.994. The summed E-state index contributed by atoms with van der Waals surface area (Å²) in [5, 5.41) is 10.8. The zero-order valence-corrected chi connectivity index (χ0v) is 17.1. The second-order valence-electron chi connectivity index (χ2n) is 8.13. The first kappa shape index (κ1) is 18.8. The Labute approximate surface area is 175 Å². The van der Waals surface area contributed by atoms with Crippen molar-refractivity contribution in [2.75, 3.05) is 31.1 Å². The number of rotatable bonds is 5. The number of aryl methyl sites for hydroxylation is 1. The van der Waals surface area contributed by atoms with Crippen molar-refractivity contribution in [1.29, 1.82) is 0 Å². The summed E-state index contributed by atoms with van der Waals surface area (Å²) >= 11 is 0. The van der Waals surface area contributed by atoms with Gasteiger partial charge in [0.25, 0.3) is 0 Å². The van der Waals surface area contributed by atoms with Crippen molar-refractivity contribution in [1.82, 2.24) is 25.2 Å². The van der Waals surface area contributed by atoms with E-state index < -0.39 is 0 Å². The summed E-state index contributed by atoms with van der Waals surface area (Å²) in [6, 6.07) is 10.4. The lowest BCUT2D eigenvalue weighted by Gasteiger charge is -2.39. The molecule has 1 saturated heterocycles. The molecule has 3 aromatic rings. The van der Waals surface area contributed by atoms with E-state index in [1.54, 1.807) is 6.33 Å². The van der Waals surface area contributed by atoms with Gasteiger partial charge in [0.15, 0.2) is 5.82 Å². The van der Waals surface area contributed by atoms with E-state index in [4.69, 9.17) is 0 Å². The van der Waals surface area contributed by atoms with Crippen molar-refractivity contribution in [2.45, 2.75) is 19.9 Å². The van der Waals surface area contributed by atoms with Crippen LogP contribution in [-0.2, 0) is 11.3 Å². The topological polar surface area (TPSA) is 74.6 Å². The van der Waals surface area contributed by atoms with Crippen molar-refractivity contribution in [3.63, 3.8) is 0 Å². The summed E-state index contributed by atoms with van der Waals surface area (Å²) in [7, 11) is 0. The van der Waals surface area contributed by atoms with E-state index in [0.717, 1.165) is 36.4 Å². The SMILES string of the molecule is Cc1ccc(CNC(=O)C2CN(c3ncnn4cc(C5=CCNCC5)cc34)C2)cc1. The molecule has 1 aromatic carbocycles. The summed E-state index contributed by atoms with van der Waals surface area (Å²) in [5.41, 5.74) is 5.88. The van der Waals surface area contributed by atoms with Gasteiger partial charge in [-0.25, -0.2) is 9.50 Å². The number of benzene rings is 1. The number of carbonyl (C=O) groups excluding carboxylic acids is 1. The second kappa shape index (κ2) is 7.91. The average Bonchev–Trinajstić information content (AvgIpc) is 3.18. The molecule has 30 heavy (non-hydrogen) atoms. The number of nitrogens with one attached hydrogen (secondary N) is 2. The molecule has 1 fully saturated rings. The first-order valence-electron chi connectivity index (χ1n) is 10.5. The van der Waals surface area contributed by atoms with Gasteiger partial charge in [0.1, 0.15) is 11.8 Å². The lowest BCUT2D eigenvalue weighted by atomic mass is 9.98. The maximum absolute atomic E-state index is 12.5. The quantitative estimate of drug-likeness (QED) is 0.684. The Balaban J connectivity index is 1.24. The van der Waals surface area contributed by atoms with Crippen LogP contribution in [0.2, 0.25) is 0 Å². The zero-order chi connectivity index (χ0) is 20.5. The van der Waals surface area contributed by atoms with Crippen LogP contribution in [0.1, 0.15) is 23.1 Å². The van der Waals surface area contributed by atoms with Gasteiger partial charge in [0, 0.05) is 32.4 Å². The van der Waals surface area contributed by atoms with Crippen molar-refractivity contribution < 1.29 is 4.79 Å². The summed E-state index contributed by atoms with van der Waals surface area (Å²) in [4.78, 5) is 19.2. The van der Waals surface area contributed by atoms with E-state index in [2.05, 4.69) is 75.1 Å². The highest BCUT2D eigenvalue weighted by atomic mass is 16.2. The van der Waals surface area contributed by atoms with E-state index in [1.165, 1.54) is 16.7 Å². The highest BCUT2D eigenvalue weighted by molar-refractivity contribution is 5.84. The van der Waals surface area contributed by atoms with Crippen molar-refractivity contribution >= 4 is 22.8 Å². The van der Waals surface area contributed by atoms with Crippen LogP contribution < -0.4 is 15.5 Å². The largest absolute Gasteiger partial charge is 0.353 e. The van der Waals surface area contributed by atoms with Crippen molar-refractivity contribution in [3.05, 3.63) is 65.6 Å². The summed E-state index contributed by atoms with van der Waals surface area (Å²) in [6.45, 7) is 5.90. The van der Waals surface area contributed by atoms with Crippen LogP contribution >= 0.6 is 0 Å². The Morgan fingerprint density at radius 3 is 2.87 bits per heavy atom. The third-order valence-electron chi connectivity index (χ3n) is 5.96. The van der Waals surface area contributed by atoms with Crippen LogP contribution in [0, 0.1) is 12.8 Å². The molecule has 0 aliphatic carbocycles. The molecule has 4 heterocycles. The van der Waals surface area contributed by atoms with Gasteiger partial charge in [-0.05, 0) is 42.7 Å². The normalized spacial score (nSPS) is 17.0. The van der Waals surface area contributed by atoms with Gasteiger partial charge in [0.2, 0.25) is 5.91 Å². The molecule has 0 bridgehead atoms. The van der Waals surface area contributed by atoms with Crippen LogP contribution in [0.5, 0.6) is 0 Å². The Morgan fingerprint density at radius 2 is 2.10 bits per heavy atom. The smallest absolute Gasteiger partial charge is 0.226 e. The summed E-state index contributed by atoms with van der Waals surface area (Å²) < 4.78 is 1.89. The number of amides is 1. The molecule has 0 radical (unpaired) electrons. The minimum atomic E-state index is -0.00739. The molecule has 5 rings (SSSR count). The maximum Gasteiger partial charge on any atom is 0.226 e. The fourth-order valence-electron chi connectivity index (χ4n) is 4.08. The molecule has 0 spiro atoms. The molecule has 154 valence electrons. The number of nitrogens with zero attached hydrogens (tertiary/aromatic N) is 4. The van der Waals surface area contributed by atoms with Crippen molar-refractivity contribution in [3.8, 4) is 0 Å². The van der Waals surface area contributed by atoms with Gasteiger partial charge in [0.05, 0.1) is 5.92 Å². The van der Waals surface area contributed by atoms with Gasteiger partial charge in [-0.15, -0.1) is 0 Å². The van der Waals surface area contributed by atoms with Gasteiger partial charge < -0.3 is 15.5 Å². The third kappa shape index (κ3) is 3.68. The standard InChI is InChI=1S/C23H26N6O/c1-16-2-4-17(5-3-16)11-25-23(30)20-12-28(13-20)22-21-10-19(14-29(21)27-15-26-22)18-6-8-24-9-7-18/h2-6,10,14-15,20,24H,7-9,11-13H2,1H3,(H,25,30). The van der Waals surface area contributed by atoms with Crippen LogP contribution in [-0.4, -0.2) is 46.7 Å². The van der Waals surface area contributed by atoms with Crippen LogP contribution in [0.3, 0.4) is 0 Å². The van der Waals surface area contributed by atoms with E-state index in [0.29, 0.717) is 19.6 Å². The van der Waals surface area contributed by atoms with Gasteiger partial charge >= 0.3 is 0 Å². The molecule has 0 atom stereocenters. The number of hydrogen-bond acceptors (Lipinski definition) is 5. The van der Waals surface area contributed by atoms with E-state index >= 15 is 0 Å². The fourth-order valence-corrected chi connectivity index (χ4v) is 4.08. The third-order valence-corrected chi connectivity index (χ3v) is 5.96. The number of aromatic nitrogens is 3. The van der Waals surface area contributed by atoms with Gasteiger partial charge in [-0.2, -0.15) is 5.10 Å².